The van der Waals surface area contributed by atoms with E-state index in [0.717, 1.165) is 22.1 Å². The van der Waals surface area contributed by atoms with Gasteiger partial charge in [-0.2, -0.15) is 13.2 Å². The van der Waals surface area contributed by atoms with Gasteiger partial charge in [0, 0.05) is 27.4 Å². The predicted molar refractivity (Wildman–Crippen MR) is 131 cm³/mol. The minimum absolute atomic E-state index is 0.276. The first-order chi connectivity index (χ1) is 17.9. The highest BCUT2D eigenvalue weighted by Crippen LogP contribution is 2.46. The van der Waals surface area contributed by atoms with E-state index >= 15 is 0 Å². The van der Waals surface area contributed by atoms with Gasteiger partial charge in [0.15, 0.2) is 11.4 Å². The quantitative estimate of drug-likeness (QED) is 0.400. The van der Waals surface area contributed by atoms with Crippen molar-refractivity contribution in [1.29, 1.82) is 0 Å². The number of nitrogens with zero attached hydrogens (tertiary/aromatic N) is 3. The van der Waals surface area contributed by atoms with Crippen LogP contribution >= 0.6 is 23.4 Å². The van der Waals surface area contributed by atoms with E-state index in [9.17, 15) is 36.6 Å². The summed E-state index contributed by atoms with van der Waals surface area (Å²) < 4.78 is 70.0. The van der Waals surface area contributed by atoms with Gasteiger partial charge in [-0.1, -0.05) is 41.9 Å². The third-order valence-corrected chi connectivity index (χ3v) is 8.19. The molecule has 1 N–H and O–H groups in total. The Kier molecular flexibility index (Phi) is 6.59. The summed E-state index contributed by atoms with van der Waals surface area (Å²) in [4.78, 5) is 27.0. The van der Waals surface area contributed by atoms with Gasteiger partial charge >= 0.3 is 6.18 Å². The molecule has 0 aliphatic carbocycles. The fourth-order valence-electron chi connectivity index (χ4n) is 4.74. The van der Waals surface area contributed by atoms with Crippen molar-refractivity contribution in [1.82, 2.24) is 9.58 Å². The molecule has 0 unspecified atom stereocenters. The van der Waals surface area contributed by atoms with E-state index in [4.69, 9.17) is 11.6 Å². The minimum Gasteiger partial charge on any atom is -0.502 e. The molecule has 6 nitrogen and oxygen atoms in total. The average Bonchev–Trinajstić information content (AvgIpc) is 3.03. The largest absolute Gasteiger partial charge is 0.502 e. The number of thioether (sulfide) groups is 1. The second kappa shape index (κ2) is 9.49. The number of pyridine rings is 1. The number of fused-ring (bicyclic) bond motifs is 3. The minimum atomic E-state index is -4.85. The Morgan fingerprint density at radius 3 is 2.50 bits per heavy atom. The maximum atomic E-state index is 13.8. The Morgan fingerprint density at radius 2 is 1.82 bits per heavy atom. The molecule has 2 aliphatic rings. The molecule has 2 atom stereocenters. The van der Waals surface area contributed by atoms with E-state index in [1.54, 1.807) is 36.4 Å². The molecule has 0 spiro atoms. The lowest BCUT2D eigenvalue weighted by molar-refractivity contribution is -0.173. The van der Waals surface area contributed by atoms with Crippen LogP contribution < -0.4 is 10.4 Å². The lowest BCUT2D eigenvalue weighted by atomic mass is 9.94. The molecule has 1 aromatic heterocycles. The van der Waals surface area contributed by atoms with Gasteiger partial charge in [-0.25, -0.2) is 8.78 Å². The van der Waals surface area contributed by atoms with Crippen molar-refractivity contribution in [2.45, 2.75) is 42.3 Å². The van der Waals surface area contributed by atoms with E-state index in [0.29, 0.717) is 28.0 Å². The maximum absolute atomic E-state index is 13.8. The highest BCUT2D eigenvalue weighted by molar-refractivity contribution is 7.98. The topological polar surface area (TPSA) is 65.8 Å². The van der Waals surface area contributed by atoms with Crippen LogP contribution in [0.4, 0.5) is 22.0 Å². The number of halogens is 6. The monoisotopic (exact) mass is 571 g/mol. The predicted octanol–water partition coefficient (Wildman–Crippen LogP) is 5.84. The zero-order chi connectivity index (χ0) is 27.5. The summed E-state index contributed by atoms with van der Waals surface area (Å²) in [5.74, 6) is -2.21. The number of amides is 1. The van der Waals surface area contributed by atoms with Gasteiger partial charge in [0.05, 0.1) is 5.56 Å². The third-order valence-electron chi connectivity index (χ3n) is 6.72. The van der Waals surface area contributed by atoms with Crippen LogP contribution in [0.3, 0.4) is 0 Å². The maximum Gasteiger partial charge on any atom is 0.408 e. The second-order valence-corrected chi connectivity index (χ2v) is 10.3. The Labute approximate surface area is 222 Å². The fourth-order valence-corrected chi connectivity index (χ4v) is 6.12. The number of aromatic hydroxyl groups is 1. The van der Waals surface area contributed by atoms with Gasteiger partial charge in [0.1, 0.15) is 18.8 Å². The van der Waals surface area contributed by atoms with Crippen molar-refractivity contribution < 1.29 is 31.9 Å². The van der Waals surface area contributed by atoms with E-state index in [2.05, 4.69) is 0 Å². The van der Waals surface area contributed by atoms with Crippen LogP contribution in [-0.4, -0.2) is 39.5 Å². The van der Waals surface area contributed by atoms with Crippen LogP contribution in [0.1, 0.15) is 52.1 Å². The van der Waals surface area contributed by atoms with Gasteiger partial charge < -0.3 is 10.0 Å². The summed E-state index contributed by atoms with van der Waals surface area (Å²) in [6.45, 7) is 0.0675. The molecular weight excluding hydrogens is 553 g/mol. The summed E-state index contributed by atoms with van der Waals surface area (Å²) in [5.41, 5.74) is -1.63. The van der Waals surface area contributed by atoms with E-state index in [-0.39, 0.29) is 5.02 Å². The van der Waals surface area contributed by atoms with Gasteiger partial charge in [-0.3, -0.25) is 19.3 Å². The molecule has 38 heavy (non-hydrogen) atoms. The second-order valence-electron chi connectivity index (χ2n) is 8.87. The smallest absolute Gasteiger partial charge is 0.408 e. The third kappa shape index (κ3) is 4.19. The van der Waals surface area contributed by atoms with Crippen molar-refractivity contribution in [3.05, 3.63) is 91.9 Å². The first-order valence-electron chi connectivity index (χ1n) is 11.3. The number of aromatic nitrogens is 1. The zero-order valence-corrected chi connectivity index (χ0v) is 21.1. The molecule has 0 bridgehead atoms. The molecule has 3 heterocycles. The highest BCUT2D eigenvalue weighted by atomic mass is 35.5. The van der Waals surface area contributed by atoms with Gasteiger partial charge in [-0.05, 0) is 30.2 Å². The van der Waals surface area contributed by atoms with Gasteiger partial charge in [-0.15, -0.1) is 11.8 Å². The molecule has 3 aromatic rings. The SMILES string of the molecule is C[C@@H](N1CN([C@@H]2c3ccccc3SCc3cccc(Cl)c32)n2cc(C(F)F)c(=O)c(O)c2C1=O)C(F)(F)F. The molecule has 0 saturated carbocycles. The molecule has 0 fully saturated rings. The van der Waals surface area contributed by atoms with Gasteiger partial charge in [0.2, 0.25) is 5.43 Å². The Bertz CT molecular complexity index is 1500. The highest BCUT2D eigenvalue weighted by Gasteiger charge is 2.48. The van der Waals surface area contributed by atoms with Crippen molar-refractivity contribution in [2.75, 3.05) is 11.7 Å². The van der Waals surface area contributed by atoms with Crippen molar-refractivity contribution in [3.8, 4) is 5.75 Å². The van der Waals surface area contributed by atoms with Crippen LogP contribution in [-0.2, 0) is 5.75 Å². The Hall–Kier alpha value is -3.25. The number of hydrogen-bond acceptors (Lipinski definition) is 5. The molecule has 13 heteroatoms. The van der Waals surface area contributed by atoms with Gasteiger partial charge in [0.25, 0.3) is 12.3 Å². The van der Waals surface area contributed by atoms with Crippen LogP contribution in [0.2, 0.25) is 5.02 Å². The summed E-state index contributed by atoms with van der Waals surface area (Å²) in [5, 5.41) is 12.1. The normalized spacial score (nSPS) is 18.1. The van der Waals surface area contributed by atoms with E-state index in [1.807, 2.05) is 6.07 Å². The van der Waals surface area contributed by atoms with Crippen LogP contribution in [0.5, 0.6) is 5.75 Å². The molecule has 2 aliphatic heterocycles. The number of benzene rings is 2. The number of carbonyl (C=O) groups is 1. The number of carbonyl (C=O) groups excluding carboxylic acids is 1. The zero-order valence-electron chi connectivity index (χ0n) is 19.5. The van der Waals surface area contributed by atoms with Crippen LogP contribution in [0.25, 0.3) is 0 Å². The molecule has 0 saturated heterocycles. The fraction of sp³-hybridized carbons (Fsp3) is 0.280. The number of hydrogen-bond donors (Lipinski definition) is 1. The lowest BCUT2D eigenvalue weighted by Crippen LogP contribution is -2.60. The molecule has 5 rings (SSSR count). The van der Waals surface area contributed by atoms with Crippen LogP contribution in [0, 0.1) is 0 Å². The summed E-state index contributed by atoms with van der Waals surface area (Å²) >= 11 is 8.10. The average molecular weight is 572 g/mol. The van der Waals surface area contributed by atoms with Crippen LogP contribution in [0.15, 0.2) is 58.4 Å². The molecule has 200 valence electrons. The summed E-state index contributed by atoms with van der Waals surface area (Å²) in [6.07, 6.45) is -7.47. The molecule has 0 radical (unpaired) electrons. The first kappa shape index (κ1) is 26.4. The Morgan fingerprint density at radius 1 is 1.11 bits per heavy atom. The lowest BCUT2D eigenvalue weighted by Gasteiger charge is -2.46. The van der Waals surface area contributed by atoms with Crippen molar-refractivity contribution in [3.63, 3.8) is 0 Å². The summed E-state index contributed by atoms with van der Waals surface area (Å²) in [7, 11) is 0. The van der Waals surface area contributed by atoms with E-state index in [1.165, 1.54) is 16.8 Å². The molecule has 2 aromatic carbocycles. The molecule has 1 amide bonds. The first-order valence-corrected chi connectivity index (χ1v) is 12.7. The van der Waals surface area contributed by atoms with E-state index < -0.39 is 59.7 Å². The Balaban J connectivity index is 1.84. The standard InChI is InChI=1S/C25H19ClF5N3O3S/c1-12(25(29,30)31)32-11-34(33-9-15(23(27)28)21(35)22(36)20(33)24(32)37)19-14-6-2-3-8-17(14)38-10-13-5-4-7-16(26)18(13)19/h2-9,12,19,23,36H,10-11H2,1H3/t12-,19-/m1/s1. The van der Waals surface area contributed by atoms with Crippen molar-refractivity contribution >= 4 is 29.3 Å². The molecular formula is C25H19ClF5N3O3S. The number of alkyl halides is 5. The van der Waals surface area contributed by atoms with Crippen molar-refractivity contribution in [2.24, 2.45) is 0 Å². The summed E-state index contributed by atoms with van der Waals surface area (Å²) in [6, 6.07) is 8.87. The number of rotatable bonds is 3.